The molecule has 2 aliphatic heterocycles. The quantitative estimate of drug-likeness (QED) is 0.811. The van der Waals surface area contributed by atoms with E-state index in [1.165, 1.54) is 45.2 Å². The van der Waals surface area contributed by atoms with Crippen LogP contribution in [0.4, 0.5) is 4.79 Å². The average Bonchev–Trinajstić information content (AvgIpc) is 3.08. The Morgan fingerprint density at radius 1 is 1.10 bits per heavy atom. The van der Waals surface area contributed by atoms with E-state index in [1.807, 2.05) is 4.90 Å². The molecule has 0 aromatic heterocycles. The number of piperidine rings is 1. The minimum absolute atomic E-state index is 0.161. The lowest BCUT2D eigenvalue weighted by atomic mass is 9.94. The number of nitrogens with zero attached hydrogens (tertiary/aromatic N) is 2. The van der Waals surface area contributed by atoms with Crippen molar-refractivity contribution in [2.45, 2.75) is 51.0 Å². The van der Waals surface area contributed by atoms with E-state index in [0.717, 1.165) is 32.5 Å². The molecule has 4 nitrogen and oxygen atoms in total. The molecule has 1 aliphatic carbocycles. The predicted molar refractivity (Wildman–Crippen MR) is 85.3 cm³/mol. The van der Waals surface area contributed by atoms with Crippen molar-refractivity contribution in [1.82, 2.24) is 15.1 Å². The molecule has 0 spiro atoms. The highest BCUT2D eigenvalue weighted by molar-refractivity contribution is 5.74. The maximum absolute atomic E-state index is 12.4. The third kappa shape index (κ3) is 4.00. The number of hydrogen-bond acceptors (Lipinski definition) is 2. The number of rotatable bonds is 3. The standard InChI is InChI=1S/C17H29N3O/c21-17(18-13-15-7-2-1-3-8-15)20-12-6-9-16(14-20)19-10-4-5-11-19/h1-2,15-16H,3-14H2,(H,18,21). The van der Waals surface area contributed by atoms with Crippen LogP contribution in [-0.2, 0) is 0 Å². The van der Waals surface area contributed by atoms with Crippen LogP contribution in [0.1, 0.15) is 44.9 Å². The van der Waals surface area contributed by atoms with E-state index in [1.54, 1.807) is 0 Å². The second-order valence-corrected chi connectivity index (χ2v) is 6.82. The number of likely N-dealkylation sites (tertiary alicyclic amines) is 2. The minimum Gasteiger partial charge on any atom is -0.338 e. The van der Waals surface area contributed by atoms with Crippen molar-refractivity contribution in [2.24, 2.45) is 5.92 Å². The summed E-state index contributed by atoms with van der Waals surface area (Å²) >= 11 is 0. The summed E-state index contributed by atoms with van der Waals surface area (Å²) in [7, 11) is 0. The Hall–Kier alpha value is -1.03. The fraction of sp³-hybridized carbons (Fsp3) is 0.824. The summed E-state index contributed by atoms with van der Waals surface area (Å²) in [5.41, 5.74) is 0. The fourth-order valence-corrected chi connectivity index (χ4v) is 3.93. The molecule has 0 aromatic rings. The van der Waals surface area contributed by atoms with Crippen LogP contribution >= 0.6 is 0 Å². The van der Waals surface area contributed by atoms with Crippen molar-refractivity contribution in [1.29, 1.82) is 0 Å². The Morgan fingerprint density at radius 3 is 2.71 bits per heavy atom. The molecule has 2 fully saturated rings. The fourth-order valence-electron chi connectivity index (χ4n) is 3.93. The SMILES string of the molecule is O=C(NCC1CC=CCC1)N1CCCC(N2CCCC2)C1. The maximum Gasteiger partial charge on any atom is 0.317 e. The Bertz CT molecular complexity index is 376. The van der Waals surface area contributed by atoms with Crippen molar-refractivity contribution in [3.05, 3.63) is 12.2 Å². The molecule has 118 valence electrons. The lowest BCUT2D eigenvalue weighted by Gasteiger charge is -2.37. The Balaban J connectivity index is 1.44. The van der Waals surface area contributed by atoms with Gasteiger partial charge >= 0.3 is 6.03 Å². The van der Waals surface area contributed by atoms with E-state index in [-0.39, 0.29) is 6.03 Å². The van der Waals surface area contributed by atoms with Crippen molar-refractivity contribution in [3.63, 3.8) is 0 Å². The van der Waals surface area contributed by atoms with Crippen LogP contribution in [0, 0.1) is 5.92 Å². The minimum atomic E-state index is 0.161. The van der Waals surface area contributed by atoms with Crippen LogP contribution in [0.15, 0.2) is 12.2 Å². The van der Waals surface area contributed by atoms with Gasteiger partial charge < -0.3 is 10.2 Å². The van der Waals surface area contributed by atoms with Gasteiger partial charge in [-0.25, -0.2) is 4.79 Å². The maximum atomic E-state index is 12.4. The third-order valence-electron chi connectivity index (χ3n) is 5.26. The summed E-state index contributed by atoms with van der Waals surface area (Å²) in [6, 6.07) is 0.762. The number of allylic oxidation sites excluding steroid dienone is 2. The number of hydrogen-bond donors (Lipinski definition) is 1. The second kappa shape index (κ2) is 7.30. The van der Waals surface area contributed by atoms with Crippen LogP contribution in [0.5, 0.6) is 0 Å². The van der Waals surface area contributed by atoms with Crippen LogP contribution < -0.4 is 5.32 Å². The Morgan fingerprint density at radius 2 is 1.95 bits per heavy atom. The summed E-state index contributed by atoms with van der Waals surface area (Å²) < 4.78 is 0. The molecule has 3 rings (SSSR count). The molecule has 21 heavy (non-hydrogen) atoms. The summed E-state index contributed by atoms with van der Waals surface area (Å²) in [4.78, 5) is 17.0. The molecule has 0 radical (unpaired) electrons. The molecule has 4 heteroatoms. The van der Waals surface area contributed by atoms with E-state index < -0.39 is 0 Å². The van der Waals surface area contributed by atoms with Crippen LogP contribution in [0.2, 0.25) is 0 Å². The van der Waals surface area contributed by atoms with Gasteiger partial charge in [-0.15, -0.1) is 0 Å². The largest absolute Gasteiger partial charge is 0.338 e. The van der Waals surface area contributed by atoms with Gasteiger partial charge in [-0.05, 0) is 64.0 Å². The van der Waals surface area contributed by atoms with E-state index in [9.17, 15) is 4.79 Å². The molecule has 2 amide bonds. The molecule has 0 bridgehead atoms. The van der Waals surface area contributed by atoms with Crippen molar-refractivity contribution >= 4 is 6.03 Å². The van der Waals surface area contributed by atoms with Crippen molar-refractivity contribution in [2.75, 3.05) is 32.7 Å². The zero-order valence-electron chi connectivity index (χ0n) is 13.1. The van der Waals surface area contributed by atoms with Gasteiger partial charge in [0, 0.05) is 25.7 Å². The van der Waals surface area contributed by atoms with Gasteiger partial charge in [0.15, 0.2) is 0 Å². The zero-order valence-corrected chi connectivity index (χ0v) is 13.1. The van der Waals surface area contributed by atoms with Gasteiger partial charge in [0.2, 0.25) is 0 Å². The highest BCUT2D eigenvalue weighted by atomic mass is 16.2. The zero-order chi connectivity index (χ0) is 14.5. The van der Waals surface area contributed by atoms with Crippen molar-refractivity contribution < 1.29 is 4.79 Å². The second-order valence-electron chi connectivity index (χ2n) is 6.82. The van der Waals surface area contributed by atoms with Gasteiger partial charge in [-0.3, -0.25) is 4.90 Å². The van der Waals surface area contributed by atoms with Crippen LogP contribution in [0.25, 0.3) is 0 Å². The van der Waals surface area contributed by atoms with Gasteiger partial charge in [-0.1, -0.05) is 12.2 Å². The topological polar surface area (TPSA) is 35.6 Å². The Kier molecular flexibility index (Phi) is 5.17. The van der Waals surface area contributed by atoms with E-state index in [4.69, 9.17) is 0 Å². The molecular formula is C17H29N3O. The highest BCUT2D eigenvalue weighted by Crippen LogP contribution is 2.21. The highest BCUT2D eigenvalue weighted by Gasteiger charge is 2.29. The number of carbonyl (C=O) groups is 1. The monoisotopic (exact) mass is 291 g/mol. The third-order valence-corrected chi connectivity index (χ3v) is 5.26. The lowest BCUT2D eigenvalue weighted by Crippen LogP contribution is -2.52. The normalized spacial score (nSPS) is 30.6. The van der Waals surface area contributed by atoms with Gasteiger partial charge in [0.1, 0.15) is 0 Å². The number of carbonyl (C=O) groups excluding carboxylic acids is 1. The van der Waals surface area contributed by atoms with Gasteiger partial charge in [0.05, 0.1) is 0 Å². The first-order chi connectivity index (χ1) is 10.3. The predicted octanol–water partition coefficient (Wildman–Crippen LogP) is 2.61. The van der Waals surface area contributed by atoms with Crippen LogP contribution in [-0.4, -0.2) is 54.6 Å². The van der Waals surface area contributed by atoms with Gasteiger partial charge in [-0.2, -0.15) is 0 Å². The number of amides is 2. The molecular weight excluding hydrogens is 262 g/mol. The molecule has 2 atom stereocenters. The molecule has 0 aromatic carbocycles. The first-order valence-electron chi connectivity index (χ1n) is 8.75. The number of nitrogens with one attached hydrogen (secondary N) is 1. The first-order valence-corrected chi connectivity index (χ1v) is 8.75. The van der Waals surface area contributed by atoms with Gasteiger partial charge in [0.25, 0.3) is 0 Å². The molecule has 1 N–H and O–H groups in total. The summed E-state index contributed by atoms with van der Waals surface area (Å²) in [6.07, 6.45) is 13.1. The van der Waals surface area contributed by atoms with E-state index >= 15 is 0 Å². The molecule has 2 unspecified atom stereocenters. The summed E-state index contributed by atoms with van der Waals surface area (Å²) in [6.45, 7) is 5.16. The lowest BCUT2D eigenvalue weighted by molar-refractivity contribution is 0.124. The first kappa shape index (κ1) is 14.9. The van der Waals surface area contributed by atoms with E-state index in [0.29, 0.717) is 12.0 Å². The summed E-state index contributed by atoms with van der Waals surface area (Å²) in [5.74, 6) is 0.637. The van der Waals surface area contributed by atoms with Crippen molar-refractivity contribution in [3.8, 4) is 0 Å². The molecule has 3 aliphatic rings. The Labute approximate surface area is 128 Å². The molecule has 2 heterocycles. The summed E-state index contributed by atoms with van der Waals surface area (Å²) in [5, 5.41) is 3.17. The number of urea groups is 1. The smallest absolute Gasteiger partial charge is 0.317 e. The average molecular weight is 291 g/mol. The van der Waals surface area contributed by atoms with Crippen LogP contribution in [0.3, 0.4) is 0 Å². The molecule has 0 saturated carbocycles. The van der Waals surface area contributed by atoms with E-state index in [2.05, 4.69) is 22.4 Å². The molecule has 2 saturated heterocycles.